The highest BCUT2D eigenvalue weighted by Gasteiger charge is 2.39. The van der Waals surface area contributed by atoms with E-state index in [4.69, 9.17) is 0 Å². The van der Waals surface area contributed by atoms with E-state index in [0.717, 1.165) is 32.1 Å². The molecule has 0 saturated heterocycles. The summed E-state index contributed by atoms with van der Waals surface area (Å²) in [5, 5.41) is 12.3. The molecule has 0 heterocycles. The Bertz CT molecular complexity index is 323. The number of hydrogen-bond donors (Lipinski definition) is 2. The van der Waals surface area contributed by atoms with Gasteiger partial charge in [-0.3, -0.25) is 4.79 Å². The number of amides is 1. The Hall–Kier alpha value is -1.06. The Morgan fingerprint density at radius 1 is 1.11 bits per heavy atom. The zero-order valence-electron chi connectivity index (χ0n) is 12.4. The monoisotopic (exact) mass is 269 g/mol. The van der Waals surface area contributed by atoms with E-state index in [1.165, 1.54) is 0 Å². The summed E-state index contributed by atoms with van der Waals surface area (Å²) in [6, 6.07) is 0. The Kier molecular flexibility index (Phi) is 5.39. The van der Waals surface area contributed by atoms with Gasteiger partial charge in [0.2, 0.25) is 5.91 Å². The number of hydrogen-bond acceptors (Lipinski definition) is 2. The van der Waals surface area contributed by atoms with Gasteiger partial charge in [0.15, 0.2) is 0 Å². The van der Waals surface area contributed by atoms with Gasteiger partial charge in [-0.1, -0.05) is 46.5 Å². The Balaban J connectivity index is 2.62. The number of nitrogens with one attached hydrogen (secondary N) is 1. The maximum absolute atomic E-state index is 12.0. The van der Waals surface area contributed by atoms with Gasteiger partial charge in [0.1, 0.15) is 5.54 Å². The third-order valence-corrected chi connectivity index (χ3v) is 3.85. The standard InChI is InChI=1S/C15H27NO3/c1-14(2,3)11-8-12(17)16-15(13(18)19)9-6-4-5-7-10-15/h4-11H2,1-3H3,(H,16,17)(H,18,19). The molecule has 0 aromatic carbocycles. The number of carboxylic acids is 1. The van der Waals surface area contributed by atoms with Gasteiger partial charge < -0.3 is 10.4 Å². The fraction of sp³-hybridized carbons (Fsp3) is 0.867. The highest BCUT2D eigenvalue weighted by atomic mass is 16.4. The number of aliphatic carboxylic acids is 1. The Morgan fingerprint density at radius 2 is 1.63 bits per heavy atom. The molecule has 0 spiro atoms. The number of rotatable bonds is 4. The van der Waals surface area contributed by atoms with E-state index in [1.807, 2.05) is 0 Å². The minimum Gasteiger partial charge on any atom is -0.480 e. The summed E-state index contributed by atoms with van der Waals surface area (Å²) >= 11 is 0. The lowest BCUT2D eigenvalue weighted by atomic mass is 9.88. The first-order valence-corrected chi connectivity index (χ1v) is 7.30. The van der Waals surface area contributed by atoms with Crippen LogP contribution in [0, 0.1) is 5.41 Å². The maximum Gasteiger partial charge on any atom is 0.329 e. The Morgan fingerprint density at radius 3 is 2.05 bits per heavy atom. The molecule has 1 aliphatic carbocycles. The zero-order chi connectivity index (χ0) is 14.5. The van der Waals surface area contributed by atoms with Crippen LogP contribution in [0.25, 0.3) is 0 Å². The van der Waals surface area contributed by atoms with Crippen molar-refractivity contribution in [3.63, 3.8) is 0 Å². The first kappa shape index (κ1) is 16.0. The molecule has 1 saturated carbocycles. The lowest BCUT2D eigenvalue weighted by molar-refractivity contribution is -0.148. The predicted molar refractivity (Wildman–Crippen MR) is 74.9 cm³/mol. The van der Waals surface area contributed by atoms with Crippen molar-refractivity contribution in [3.8, 4) is 0 Å². The minimum absolute atomic E-state index is 0.0944. The molecule has 1 amide bonds. The predicted octanol–water partition coefficient (Wildman–Crippen LogP) is 3.11. The van der Waals surface area contributed by atoms with E-state index in [1.54, 1.807) is 0 Å². The van der Waals surface area contributed by atoms with Crippen LogP contribution in [-0.4, -0.2) is 22.5 Å². The second-order valence-corrected chi connectivity index (χ2v) is 6.91. The average molecular weight is 269 g/mol. The van der Waals surface area contributed by atoms with Crippen LogP contribution >= 0.6 is 0 Å². The van der Waals surface area contributed by atoms with Crippen molar-refractivity contribution in [1.29, 1.82) is 0 Å². The van der Waals surface area contributed by atoms with Crippen LogP contribution in [0.15, 0.2) is 0 Å². The lowest BCUT2D eigenvalue weighted by Crippen LogP contribution is -2.54. The SMILES string of the molecule is CC(C)(C)CCC(=O)NC1(C(=O)O)CCCCCC1. The molecule has 0 radical (unpaired) electrons. The molecule has 0 aromatic rings. The van der Waals surface area contributed by atoms with Crippen molar-refractivity contribution in [2.24, 2.45) is 5.41 Å². The van der Waals surface area contributed by atoms with Crippen molar-refractivity contribution in [3.05, 3.63) is 0 Å². The van der Waals surface area contributed by atoms with E-state index in [0.29, 0.717) is 19.3 Å². The molecule has 4 nitrogen and oxygen atoms in total. The van der Waals surface area contributed by atoms with Crippen molar-refractivity contribution in [2.45, 2.75) is 77.7 Å². The smallest absolute Gasteiger partial charge is 0.329 e. The molecule has 0 aliphatic heterocycles. The quantitative estimate of drug-likeness (QED) is 0.771. The van der Waals surface area contributed by atoms with Gasteiger partial charge in [0.25, 0.3) is 0 Å². The fourth-order valence-electron chi connectivity index (χ4n) is 2.54. The third-order valence-electron chi connectivity index (χ3n) is 3.85. The first-order chi connectivity index (χ1) is 8.75. The fourth-order valence-corrected chi connectivity index (χ4v) is 2.54. The van der Waals surface area contributed by atoms with Gasteiger partial charge in [-0.05, 0) is 24.7 Å². The summed E-state index contributed by atoms with van der Waals surface area (Å²) in [6.45, 7) is 6.25. The second kappa shape index (κ2) is 6.40. The summed E-state index contributed by atoms with van der Waals surface area (Å²) in [7, 11) is 0. The van der Waals surface area contributed by atoms with Crippen molar-refractivity contribution < 1.29 is 14.7 Å². The van der Waals surface area contributed by atoms with Crippen LogP contribution in [0.5, 0.6) is 0 Å². The molecule has 0 atom stereocenters. The summed E-state index contributed by atoms with van der Waals surface area (Å²) in [6.07, 6.45) is 6.18. The van der Waals surface area contributed by atoms with Crippen LogP contribution in [0.4, 0.5) is 0 Å². The molecule has 4 heteroatoms. The summed E-state index contributed by atoms with van der Waals surface area (Å²) < 4.78 is 0. The first-order valence-electron chi connectivity index (χ1n) is 7.30. The van der Waals surface area contributed by atoms with Crippen molar-refractivity contribution in [1.82, 2.24) is 5.32 Å². The summed E-state index contributed by atoms with van der Waals surface area (Å²) in [4.78, 5) is 23.6. The normalized spacial score (nSPS) is 19.5. The number of carboxylic acid groups (broad SMARTS) is 1. The van der Waals surface area contributed by atoms with Gasteiger partial charge in [-0.2, -0.15) is 0 Å². The van der Waals surface area contributed by atoms with E-state index in [9.17, 15) is 14.7 Å². The van der Waals surface area contributed by atoms with E-state index >= 15 is 0 Å². The molecule has 19 heavy (non-hydrogen) atoms. The third kappa shape index (κ3) is 5.21. The molecular weight excluding hydrogens is 242 g/mol. The average Bonchev–Trinajstić information content (AvgIpc) is 2.52. The topological polar surface area (TPSA) is 66.4 Å². The van der Waals surface area contributed by atoms with Crippen LogP contribution < -0.4 is 5.32 Å². The minimum atomic E-state index is -1.02. The molecule has 110 valence electrons. The number of carbonyl (C=O) groups is 2. The molecule has 0 bridgehead atoms. The van der Waals surface area contributed by atoms with Gasteiger partial charge in [-0.15, -0.1) is 0 Å². The molecule has 1 aliphatic rings. The molecule has 0 unspecified atom stereocenters. The van der Waals surface area contributed by atoms with Crippen LogP contribution in [-0.2, 0) is 9.59 Å². The zero-order valence-corrected chi connectivity index (χ0v) is 12.4. The summed E-state index contributed by atoms with van der Waals surface area (Å²) in [5.74, 6) is -1.00. The van der Waals surface area contributed by atoms with Gasteiger partial charge >= 0.3 is 5.97 Å². The number of carbonyl (C=O) groups excluding carboxylic acids is 1. The van der Waals surface area contributed by atoms with Crippen LogP contribution in [0.2, 0.25) is 0 Å². The molecule has 0 aromatic heterocycles. The van der Waals surface area contributed by atoms with Crippen molar-refractivity contribution in [2.75, 3.05) is 0 Å². The Labute approximate surface area is 116 Å². The van der Waals surface area contributed by atoms with Crippen LogP contribution in [0.1, 0.15) is 72.1 Å². The van der Waals surface area contributed by atoms with E-state index < -0.39 is 11.5 Å². The van der Waals surface area contributed by atoms with Crippen molar-refractivity contribution >= 4 is 11.9 Å². The summed E-state index contributed by atoms with van der Waals surface area (Å²) in [5.41, 5.74) is -0.928. The molecular formula is C15H27NO3. The van der Waals surface area contributed by atoms with Gasteiger partial charge in [-0.25, -0.2) is 4.79 Å². The molecule has 1 fully saturated rings. The highest BCUT2D eigenvalue weighted by molar-refractivity contribution is 5.87. The molecule has 2 N–H and O–H groups in total. The van der Waals surface area contributed by atoms with E-state index in [2.05, 4.69) is 26.1 Å². The van der Waals surface area contributed by atoms with Gasteiger partial charge in [0.05, 0.1) is 0 Å². The second-order valence-electron chi connectivity index (χ2n) is 6.91. The highest BCUT2D eigenvalue weighted by Crippen LogP contribution is 2.28. The molecule has 1 rings (SSSR count). The lowest BCUT2D eigenvalue weighted by Gasteiger charge is -2.30. The van der Waals surface area contributed by atoms with Crippen LogP contribution in [0.3, 0.4) is 0 Å². The maximum atomic E-state index is 12.0. The van der Waals surface area contributed by atoms with Gasteiger partial charge in [0, 0.05) is 6.42 Å². The largest absolute Gasteiger partial charge is 0.480 e. The van der Waals surface area contributed by atoms with E-state index in [-0.39, 0.29) is 11.3 Å².